The Labute approximate surface area is 213 Å². The van der Waals surface area contributed by atoms with Gasteiger partial charge in [0.1, 0.15) is 11.5 Å². The van der Waals surface area contributed by atoms with Gasteiger partial charge >= 0.3 is 0 Å². The molecule has 5 rings (SSSR count). The van der Waals surface area contributed by atoms with Crippen LogP contribution in [0.5, 0.6) is 0 Å². The third kappa shape index (κ3) is 5.14. The number of nitrogens with one attached hydrogen (secondary N) is 3. The van der Waals surface area contributed by atoms with Crippen LogP contribution in [0.2, 0.25) is 5.02 Å². The van der Waals surface area contributed by atoms with E-state index in [0.29, 0.717) is 72.8 Å². The number of nitrogens with zero attached hydrogens (tertiary/aromatic N) is 4. The number of likely N-dealkylation sites (tertiary alicyclic amines) is 1. The molecule has 1 unspecified atom stereocenters. The van der Waals surface area contributed by atoms with E-state index in [-0.39, 0.29) is 17.9 Å². The van der Waals surface area contributed by atoms with Crippen LogP contribution in [-0.4, -0.2) is 82.0 Å². The van der Waals surface area contributed by atoms with Crippen LogP contribution in [0, 0.1) is 0 Å². The first kappa shape index (κ1) is 24.1. The zero-order chi connectivity index (χ0) is 25.1. The highest BCUT2D eigenvalue weighted by Gasteiger charge is 2.24. The maximum absolute atomic E-state index is 12.7. The van der Waals surface area contributed by atoms with Crippen molar-refractivity contribution in [3.8, 4) is 0 Å². The monoisotopic (exact) mass is 509 g/mol. The lowest BCUT2D eigenvalue weighted by molar-refractivity contribution is -0.127. The average Bonchev–Trinajstić information content (AvgIpc) is 3.29. The summed E-state index contributed by atoms with van der Waals surface area (Å²) in [7, 11) is 0. The lowest BCUT2D eigenvalue weighted by atomic mass is 10.1. The lowest BCUT2D eigenvalue weighted by Crippen LogP contribution is -2.44. The Morgan fingerprint density at radius 1 is 1.14 bits per heavy atom. The summed E-state index contributed by atoms with van der Waals surface area (Å²) in [4.78, 5) is 40.7. The van der Waals surface area contributed by atoms with Crippen LogP contribution in [0.25, 0.3) is 11.0 Å². The largest absolute Gasteiger partial charge is 0.378 e. The molecule has 1 aromatic carbocycles. The van der Waals surface area contributed by atoms with Crippen molar-refractivity contribution in [2.24, 2.45) is 0 Å². The van der Waals surface area contributed by atoms with Crippen LogP contribution in [-0.2, 0) is 9.53 Å². The second-order valence-electron chi connectivity index (χ2n) is 8.83. The minimum atomic E-state index is -0.0769. The van der Waals surface area contributed by atoms with Gasteiger partial charge in [-0.2, -0.15) is 9.97 Å². The Balaban J connectivity index is 1.34. The molecule has 2 aromatic heterocycles. The molecule has 0 bridgehead atoms. The van der Waals surface area contributed by atoms with Crippen molar-refractivity contribution in [3.63, 3.8) is 0 Å². The van der Waals surface area contributed by atoms with E-state index < -0.39 is 0 Å². The van der Waals surface area contributed by atoms with Crippen molar-refractivity contribution >= 4 is 51.9 Å². The van der Waals surface area contributed by atoms with E-state index in [2.05, 4.69) is 27.2 Å². The number of fused-ring (bicyclic) bond motifs is 1. The summed E-state index contributed by atoms with van der Waals surface area (Å²) in [6, 6.07) is 7.25. The molecule has 0 saturated carbocycles. The lowest BCUT2D eigenvalue weighted by Gasteiger charge is -2.33. The maximum Gasteiger partial charge on any atom is 0.254 e. The average molecular weight is 510 g/mol. The highest BCUT2D eigenvalue weighted by Crippen LogP contribution is 2.31. The van der Waals surface area contributed by atoms with Crippen molar-refractivity contribution in [1.29, 1.82) is 0 Å². The van der Waals surface area contributed by atoms with Crippen molar-refractivity contribution < 1.29 is 14.3 Å². The number of morpholine rings is 1. The van der Waals surface area contributed by atoms with Gasteiger partial charge < -0.3 is 30.2 Å². The Morgan fingerprint density at radius 2 is 1.92 bits per heavy atom. The molecule has 36 heavy (non-hydrogen) atoms. The number of rotatable bonds is 6. The number of benzene rings is 1. The van der Waals surface area contributed by atoms with Gasteiger partial charge in [0.2, 0.25) is 11.9 Å². The van der Waals surface area contributed by atoms with E-state index in [9.17, 15) is 9.59 Å². The van der Waals surface area contributed by atoms with Crippen molar-refractivity contribution in [2.75, 3.05) is 50.0 Å². The minimum absolute atomic E-state index is 0.00788. The number of hydrogen-bond acceptors (Lipinski definition) is 7. The maximum atomic E-state index is 12.7. The molecule has 0 aliphatic carbocycles. The van der Waals surface area contributed by atoms with E-state index >= 15 is 0 Å². The summed E-state index contributed by atoms with van der Waals surface area (Å²) in [6.45, 7) is 7.18. The fourth-order valence-corrected chi connectivity index (χ4v) is 4.78. The molecule has 11 heteroatoms. The Hall–Kier alpha value is -3.63. The summed E-state index contributed by atoms with van der Waals surface area (Å²) in [5.74, 6) is 0.884. The fourth-order valence-electron chi connectivity index (χ4n) is 4.55. The topological polar surface area (TPSA) is 115 Å². The minimum Gasteiger partial charge on any atom is -0.378 e. The number of amides is 2. The van der Waals surface area contributed by atoms with Gasteiger partial charge in [0.25, 0.3) is 5.91 Å². The number of hydrogen-bond donors (Lipinski definition) is 3. The SMILES string of the molecule is C=CC(=O)N1CCCC(Nc2nc(Nc3ccc(C(=O)N4CCOCC4)cc3)nc3[nH]cc(Cl)c23)C1. The Morgan fingerprint density at radius 3 is 2.67 bits per heavy atom. The number of piperidine rings is 1. The number of carbonyl (C=O) groups is 2. The highest BCUT2D eigenvalue weighted by molar-refractivity contribution is 6.36. The summed E-state index contributed by atoms with van der Waals surface area (Å²) >= 11 is 6.43. The number of halogens is 1. The van der Waals surface area contributed by atoms with Crippen LogP contribution in [0.15, 0.2) is 43.1 Å². The second-order valence-corrected chi connectivity index (χ2v) is 9.24. The standard InChI is InChI=1S/C25H28ClN7O3/c1-2-20(34)33-9-3-4-18(15-33)28-23-21-19(26)14-27-22(21)30-25(31-23)29-17-7-5-16(6-8-17)24(35)32-10-12-36-13-11-32/h2,5-8,14,18H,1,3-4,9-13,15H2,(H3,27,28,29,30,31). The van der Waals surface area contributed by atoms with Gasteiger partial charge in [-0.3, -0.25) is 9.59 Å². The third-order valence-corrected chi connectivity index (χ3v) is 6.72. The molecule has 4 heterocycles. The Bertz CT molecular complexity index is 1270. The second kappa shape index (κ2) is 10.5. The van der Waals surface area contributed by atoms with Crippen LogP contribution in [0.3, 0.4) is 0 Å². The van der Waals surface area contributed by atoms with E-state index in [1.165, 1.54) is 6.08 Å². The molecule has 1 atom stereocenters. The predicted molar refractivity (Wildman–Crippen MR) is 139 cm³/mol. The number of anilines is 3. The van der Waals surface area contributed by atoms with Crippen molar-refractivity contribution in [3.05, 3.63) is 53.7 Å². The van der Waals surface area contributed by atoms with E-state index in [4.69, 9.17) is 21.3 Å². The molecule has 2 amide bonds. The quantitative estimate of drug-likeness (QED) is 0.436. The summed E-state index contributed by atoms with van der Waals surface area (Å²) < 4.78 is 5.33. The van der Waals surface area contributed by atoms with Gasteiger partial charge in [0.15, 0.2) is 0 Å². The van der Waals surface area contributed by atoms with Gasteiger partial charge in [-0.15, -0.1) is 0 Å². The molecule has 0 radical (unpaired) electrons. The smallest absolute Gasteiger partial charge is 0.254 e. The molecule has 0 spiro atoms. The molecule has 2 aliphatic rings. The van der Waals surface area contributed by atoms with Gasteiger partial charge in [0, 0.05) is 49.7 Å². The molecule has 2 aliphatic heterocycles. The summed E-state index contributed by atoms with van der Waals surface area (Å²) in [5, 5.41) is 7.89. The van der Waals surface area contributed by atoms with Crippen LogP contribution in [0.4, 0.5) is 17.5 Å². The number of carbonyl (C=O) groups excluding carboxylic acids is 2. The molecule has 2 fully saturated rings. The van der Waals surface area contributed by atoms with Crippen LogP contribution >= 0.6 is 11.6 Å². The van der Waals surface area contributed by atoms with Gasteiger partial charge in [-0.1, -0.05) is 18.2 Å². The molecule has 2 saturated heterocycles. The molecule has 10 nitrogen and oxygen atoms in total. The molecule has 3 N–H and O–H groups in total. The predicted octanol–water partition coefficient (Wildman–Crippen LogP) is 3.42. The molecular formula is C25H28ClN7O3. The first-order valence-corrected chi connectivity index (χ1v) is 12.4. The number of aromatic amines is 1. The fraction of sp³-hybridized carbons (Fsp3) is 0.360. The number of aromatic nitrogens is 3. The normalized spacial score (nSPS) is 18.2. The molecule has 3 aromatic rings. The highest BCUT2D eigenvalue weighted by atomic mass is 35.5. The van der Waals surface area contributed by atoms with E-state index in [0.717, 1.165) is 18.5 Å². The third-order valence-electron chi connectivity index (χ3n) is 6.42. The first-order valence-electron chi connectivity index (χ1n) is 12.0. The van der Waals surface area contributed by atoms with Crippen molar-refractivity contribution in [2.45, 2.75) is 18.9 Å². The van der Waals surface area contributed by atoms with Crippen LogP contribution in [0.1, 0.15) is 23.2 Å². The summed E-state index contributed by atoms with van der Waals surface area (Å²) in [5.41, 5.74) is 1.96. The zero-order valence-electron chi connectivity index (χ0n) is 19.8. The first-order chi connectivity index (χ1) is 17.5. The number of H-pyrrole nitrogens is 1. The van der Waals surface area contributed by atoms with E-state index in [1.807, 2.05) is 12.1 Å². The van der Waals surface area contributed by atoms with E-state index in [1.54, 1.807) is 28.1 Å². The van der Waals surface area contributed by atoms with Gasteiger partial charge in [0.05, 0.1) is 23.6 Å². The molecular weight excluding hydrogens is 482 g/mol. The van der Waals surface area contributed by atoms with Crippen LogP contribution < -0.4 is 10.6 Å². The summed E-state index contributed by atoms with van der Waals surface area (Å²) in [6.07, 6.45) is 4.80. The van der Waals surface area contributed by atoms with Gasteiger partial charge in [-0.05, 0) is 43.2 Å². The number of ether oxygens (including phenoxy) is 1. The Kier molecular flexibility index (Phi) is 7.06. The zero-order valence-corrected chi connectivity index (χ0v) is 20.6. The molecule has 188 valence electrons. The van der Waals surface area contributed by atoms with Crippen molar-refractivity contribution in [1.82, 2.24) is 24.8 Å². The van der Waals surface area contributed by atoms with Gasteiger partial charge in [-0.25, -0.2) is 0 Å².